The molecule has 4 heterocycles. The summed E-state index contributed by atoms with van der Waals surface area (Å²) in [6, 6.07) is 8.98. The SMILES string of the molecule is CCOc1ccc(S(=O)(=O)N2CC3CN(c4ccc5nnc(C)n5n4)CC3C2)cc1C. The van der Waals surface area contributed by atoms with Gasteiger partial charge in [-0.1, -0.05) is 0 Å². The molecule has 0 N–H and O–H groups in total. The molecule has 2 fully saturated rings. The lowest BCUT2D eigenvalue weighted by atomic mass is 10.0. The summed E-state index contributed by atoms with van der Waals surface area (Å²) in [4.78, 5) is 2.57. The molecule has 9 nitrogen and oxygen atoms in total. The van der Waals surface area contributed by atoms with Gasteiger partial charge in [-0.05, 0) is 68.5 Å². The highest BCUT2D eigenvalue weighted by molar-refractivity contribution is 7.89. The highest BCUT2D eigenvalue weighted by atomic mass is 32.2. The van der Waals surface area contributed by atoms with Gasteiger partial charge in [0.15, 0.2) is 11.5 Å². The van der Waals surface area contributed by atoms with E-state index in [9.17, 15) is 8.42 Å². The largest absolute Gasteiger partial charge is 0.494 e. The average Bonchev–Trinajstić information content (AvgIpc) is 3.43. The summed E-state index contributed by atoms with van der Waals surface area (Å²) in [6.45, 7) is 8.86. The molecule has 2 aliphatic rings. The maximum absolute atomic E-state index is 13.2. The zero-order chi connectivity index (χ0) is 21.8. The quantitative estimate of drug-likeness (QED) is 0.596. The molecule has 0 radical (unpaired) electrons. The highest BCUT2D eigenvalue weighted by Crippen LogP contribution is 2.36. The second kappa shape index (κ2) is 7.45. The summed E-state index contributed by atoms with van der Waals surface area (Å²) in [5.41, 5.74) is 1.56. The third-order valence-corrected chi connectivity index (χ3v) is 8.09. The molecule has 2 atom stereocenters. The molecule has 3 aromatic rings. The molecule has 2 unspecified atom stereocenters. The van der Waals surface area contributed by atoms with E-state index in [2.05, 4.69) is 20.2 Å². The smallest absolute Gasteiger partial charge is 0.243 e. The van der Waals surface area contributed by atoms with Crippen LogP contribution in [0.5, 0.6) is 5.75 Å². The fourth-order valence-electron chi connectivity index (χ4n) is 4.64. The standard InChI is InChI=1S/C21H26N6O3S/c1-4-30-19-6-5-18(9-14(19)2)31(28,29)26-12-16-10-25(11-17(16)13-26)21-8-7-20-23-22-15(3)27(20)24-21/h5-9,16-17H,4,10-13H2,1-3H3. The van der Waals surface area contributed by atoms with Crippen LogP contribution < -0.4 is 9.64 Å². The lowest BCUT2D eigenvalue weighted by Crippen LogP contribution is -2.33. The Labute approximate surface area is 181 Å². The predicted octanol–water partition coefficient (Wildman–Crippen LogP) is 1.90. The minimum atomic E-state index is -3.52. The van der Waals surface area contributed by atoms with Crippen LogP contribution in [-0.2, 0) is 10.0 Å². The van der Waals surface area contributed by atoms with E-state index in [-0.39, 0.29) is 11.8 Å². The fourth-order valence-corrected chi connectivity index (χ4v) is 6.28. The molecule has 31 heavy (non-hydrogen) atoms. The van der Waals surface area contributed by atoms with E-state index in [1.54, 1.807) is 27.0 Å². The topological polar surface area (TPSA) is 92.9 Å². The first-order chi connectivity index (χ1) is 14.9. The molecule has 0 spiro atoms. The van der Waals surface area contributed by atoms with Crippen LogP contribution in [0.25, 0.3) is 5.65 Å². The van der Waals surface area contributed by atoms with E-state index < -0.39 is 10.0 Å². The maximum atomic E-state index is 13.2. The van der Waals surface area contributed by atoms with Crippen LogP contribution in [0.3, 0.4) is 0 Å². The van der Waals surface area contributed by atoms with Crippen molar-refractivity contribution < 1.29 is 13.2 Å². The number of nitrogens with zero attached hydrogens (tertiary/aromatic N) is 6. The van der Waals surface area contributed by atoms with Crippen molar-refractivity contribution in [2.24, 2.45) is 11.8 Å². The zero-order valence-electron chi connectivity index (χ0n) is 17.9. The van der Waals surface area contributed by atoms with E-state index in [1.165, 1.54) is 0 Å². The summed E-state index contributed by atoms with van der Waals surface area (Å²) in [6.07, 6.45) is 0. The third kappa shape index (κ3) is 3.43. The van der Waals surface area contributed by atoms with E-state index in [4.69, 9.17) is 4.74 Å². The Balaban J connectivity index is 1.31. The number of aromatic nitrogens is 4. The molecule has 164 valence electrons. The first-order valence-corrected chi connectivity index (χ1v) is 12.0. The van der Waals surface area contributed by atoms with Gasteiger partial charge in [0.25, 0.3) is 0 Å². The van der Waals surface area contributed by atoms with Gasteiger partial charge < -0.3 is 9.64 Å². The molecule has 2 saturated heterocycles. The van der Waals surface area contributed by atoms with Gasteiger partial charge in [0.05, 0.1) is 11.5 Å². The normalized spacial score (nSPS) is 21.7. The fraction of sp³-hybridized carbons (Fsp3) is 0.476. The molecule has 2 aliphatic heterocycles. The number of aryl methyl sites for hydroxylation is 2. The number of ether oxygens (including phenoxy) is 1. The van der Waals surface area contributed by atoms with Crippen molar-refractivity contribution in [3.05, 3.63) is 41.7 Å². The van der Waals surface area contributed by atoms with E-state index in [0.29, 0.717) is 24.6 Å². The van der Waals surface area contributed by atoms with Crippen molar-refractivity contribution in [3.63, 3.8) is 0 Å². The molecule has 5 rings (SSSR count). The second-order valence-electron chi connectivity index (χ2n) is 8.32. The van der Waals surface area contributed by atoms with Crippen LogP contribution in [0.15, 0.2) is 35.2 Å². The molecule has 0 aliphatic carbocycles. The van der Waals surface area contributed by atoms with Gasteiger partial charge in [-0.3, -0.25) is 0 Å². The lowest BCUT2D eigenvalue weighted by Gasteiger charge is -2.22. The van der Waals surface area contributed by atoms with Gasteiger partial charge in [0.1, 0.15) is 11.6 Å². The van der Waals surface area contributed by atoms with E-state index >= 15 is 0 Å². The Morgan fingerprint density at radius 1 is 1.03 bits per heavy atom. The summed E-state index contributed by atoms with van der Waals surface area (Å²) >= 11 is 0. The molecule has 1 aromatic carbocycles. The number of hydrogen-bond acceptors (Lipinski definition) is 7. The van der Waals surface area contributed by atoms with Crippen molar-refractivity contribution in [1.29, 1.82) is 0 Å². The molecule has 0 amide bonds. The Bertz CT molecular complexity index is 1230. The van der Waals surface area contributed by atoms with Crippen LogP contribution >= 0.6 is 0 Å². The number of hydrogen-bond donors (Lipinski definition) is 0. The van der Waals surface area contributed by atoms with Crippen LogP contribution in [0.4, 0.5) is 5.82 Å². The summed E-state index contributed by atoms with van der Waals surface area (Å²) < 4.78 is 35.4. The van der Waals surface area contributed by atoms with Crippen LogP contribution in [0.2, 0.25) is 0 Å². The number of rotatable bonds is 5. The minimum Gasteiger partial charge on any atom is -0.494 e. The van der Waals surface area contributed by atoms with Crippen molar-refractivity contribution in [1.82, 2.24) is 24.1 Å². The maximum Gasteiger partial charge on any atom is 0.243 e. The Kier molecular flexibility index (Phi) is 4.86. The second-order valence-corrected chi connectivity index (χ2v) is 10.3. The zero-order valence-corrected chi connectivity index (χ0v) is 18.7. The average molecular weight is 443 g/mol. The van der Waals surface area contributed by atoms with Crippen molar-refractivity contribution in [2.75, 3.05) is 37.7 Å². The Hall–Kier alpha value is -2.72. The van der Waals surface area contributed by atoms with Gasteiger partial charge in [-0.15, -0.1) is 15.3 Å². The summed E-state index contributed by atoms with van der Waals surface area (Å²) in [5.74, 6) is 2.93. The lowest BCUT2D eigenvalue weighted by molar-refractivity contribution is 0.337. The van der Waals surface area contributed by atoms with Crippen molar-refractivity contribution >= 4 is 21.5 Å². The summed E-state index contributed by atoms with van der Waals surface area (Å²) in [5, 5.41) is 12.8. The van der Waals surface area contributed by atoms with Crippen molar-refractivity contribution in [2.45, 2.75) is 25.7 Å². The number of anilines is 1. The molecule has 10 heteroatoms. The van der Waals surface area contributed by atoms with Crippen LogP contribution in [-0.4, -0.2) is 65.3 Å². The Morgan fingerprint density at radius 3 is 2.45 bits per heavy atom. The minimum absolute atomic E-state index is 0.290. The van der Waals surface area contributed by atoms with Crippen LogP contribution in [0.1, 0.15) is 18.3 Å². The van der Waals surface area contributed by atoms with Gasteiger partial charge in [-0.25, -0.2) is 8.42 Å². The predicted molar refractivity (Wildman–Crippen MR) is 116 cm³/mol. The number of fused-ring (bicyclic) bond motifs is 2. The van der Waals surface area contributed by atoms with Crippen LogP contribution in [0, 0.1) is 25.7 Å². The molecular formula is C21H26N6O3S. The van der Waals surface area contributed by atoms with Gasteiger partial charge in [-0.2, -0.15) is 8.82 Å². The first-order valence-electron chi connectivity index (χ1n) is 10.5. The third-order valence-electron chi connectivity index (χ3n) is 6.27. The van der Waals surface area contributed by atoms with Gasteiger partial charge in [0.2, 0.25) is 10.0 Å². The monoisotopic (exact) mass is 442 g/mol. The van der Waals surface area contributed by atoms with E-state index in [1.807, 2.05) is 32.9 Å². The Morgan fingerprint density at radius 2 is 1.77 bits per heavy atom. The number of sulfonamides is 1. The first kappa shape index (κ1) is 20.2. The summed E-state index contributed by atoms with van der Waals surface area (Å²) in [7, 11) is -3.52. The highest BCUT2D eigenvalue weighted by Gasteiger charge is 2.44. The molecule has 0 saturated carbocycles. The van der Waals surface area contributed by atoms with Gasteiger partial charge in [0, 0.05) is 26.2 Å². The van der Waals surface area contributed by atoms with E-state index in [0.717, 1.165) is 41.7 Å². The molecular weight excluding hydrogens is 416 g/mol. The van der Waals surface area contributed by atoms with Gasteiger partial charge >= 0.3 is 0 Å². The van der Waals surface area contributed by atoms with Crippen molar-refractivity contribution in [3.8, 4) is 5.75 Å². The number of benzene rings is 1. The molecule has 0 bridgehead atoms. The molecule has 2 aromatic heterocycles.